The van der Waals surface area contributed by atoms with Gasteiger partial charge in [0, 0.05) is 22.8 Å². The fourth-order valence-corrected chi connectivity index (χ4v) is 2.11. The van der Waals surface area contributed by atoms with Gasteiger partial charge >= 0.3 is 5.97 Å². The van der Waals surface area contributed by atoms with E-state index in [2.05, 4.69) is 25.7 Å². The molecule has 1 aromatic carbocycles. The number of rotatable bonds is 4. The molecule has 2 rings (SSSR count). The molecule has 2 aromatic rings. The molecule has 0 spiro atoms. The summed E-state index contributed by atoms with van der Waals surface area (Å²) >= 11 is 3.28. The van der Waals surface area contributed by atoms with Crippen molar-refractivity contribution in [3.05, 3.63) is 46.1 Å². The van der Waals surface area contributed by atoms with Crippen LogP contribution in [0.2, 0.25) is 0 Å². The van der Waals surface area contributed by atoms with Crippen molar-refractivity contribution in [2.75, 3.05) is 14.2 Å². The third-order valence-corrected chi connectivity index (χ3v) is 3.41. The van der Waals surface area contributed by atoms with Gasteiger partial charge in [-0.2, -0.15) is 5.26 Å². The van der Waals surface area contributed by atoms with Gasteiger partial charge in [-0.3, -0.25) is 0 Å². The van der Waals surface area contributed by atoms with Crippen molar-refractivity contribution in [1.82, 2.24) is 4.98 Å². The van der Waals surface area contributed by atoms with Crippen LogP contribution in [0.25, 0.3) is 0 Å². The smallest absolute Gasteiger partial charge is 0.343 e. The van der Waals surface area contributed by atoms with Gasteiger partial charge in [0.1, 0.15) is 11.6 Å². The first-order valence-electron chi connectivity index (χ1n) is 6.09. The molecule has 0 N–H and O–H groups in total. The second-order valence-corrected chi connectivity index (χ2v) is 4.90. The van der Waals surface area contributed by atoms with Gasteiger partial charge in [-0.1, -0.05) is 0 Å². The lowest BCUT2D eigenvalue weighted by Gasteiger charge is -2.12. The Labute approximate surface area is 135 Å². The summed E-state index contributed by atoms with van der Waals surface area (Å²) in [6.45, 7) is 0. The number of benzene rings is 1. The number of halogens is 1. The number of nitrogens with zero attached hydrogens (tertiary/aromatic N) is 2. The molecule has 0 aliphatic carbocycles. The zero-order valence-corrected chi connectivity index (χ0v) is 13.4. The van der Waals surface area contributed by atoms with Crippen LogP contribution in [-0.2, 0) is 4.74 Å². The molecule has 0 saturated heterocycles. The summed E-state index contributed by atoms with van der Waals surface area (Å²) in [6, 6.07) is 8.28. The van der Waals surface area contributed by atoms with Gasteiger partial charge in [0.05, 0.1) is 19.8 Å². The zero-order chi connectivity index (χ0) is 16.1. The fourth-order valence-electron chi connectivity index (χ4n) is 1.70. The molecule has 1 aromatic heterocycles. The van der Waals surface area contributed by atoms with E-state index in [9.17, 15) is 4.79 Å². The molecular formula is C15H11BrN2O4. The molecule has 7 heteroatoms. The monoisotopic (exact) mass is 362 g/mol. The van der Waals surface area contributed by atoms with Crippen LogP contribution in [0.5, 0.6) is 17.4 Å². The minimum Gasteiger partial charge on any atom is -0.493 e. The maximum atomic E-state index is 11.7. The quantitative estimate of drug-likeness (QED) is 0.776. The van der Waals surface area contributed by atoms with Gasteiger partial charge in [0.15, 0.2) is 11.5 Å². The molecule has 0 aliphatic rings. The molecule has 112 valence electrons. The molecule has 1 heterocycles. The Morgan fingerprint density at radius 2 is 2.09 bits per heavy atom. The van der Waals surface area contributed by atoms with E-state index in [1.54, 1.807) is 18.2 Å². The molecule has 0 radical (unpaired) electrons. The van der Waals surface area contributed by atoms with E-state index in [4.69, 9.17) is 14.7 Å². The first-order chi connectivity index (χ1) is 10.6. The summed E-state index contributed by atoms with van der Waals surface area (Å²) in [6.07, 6.45) is 1.49. The minimum absolute atomic E-state index is 0.0873. The highest BCUT2D eigenvalue weighted by molar-refractivity contribution is 9.10. The highest BCUT2D eigenvalue weighted by atomic mass is 79.9. The number of hydrogen-bond donors (Lipinski definition) is 0. The Morgan fingerprint density at radius 1 is 1.32 bits per heavy atom. The van der Waals surface area contributed by atoms with Crippen molar-refractivity contribution in [1.29, 1.82) is 5.26 Å². The largest absolute Gasteiger partial charge is 0.493 e. The van der Waals surface area contributed by atoms with Crippen LogP contribution in [0.1, 0.15) is 15.9 Å². The number of methoxy groups -OCH3 is 2. The van der Waals surface area contributed by atoms with Gasteiger partial charge < -0.3 is 14.2 Å². The Kier molecular flexibility index (Phi) is 4.96. The van der Waals surface area contributed by atoms with Crippen molar-refractivity contribution < 1.29 is 19.0 Å². The van der Waals surface area contributed by atoms with Crippen LogP contribution in [0.15, 0.2) is 34.9 Å². The number of hydrogen-bond acceptors (Lipinski definition) is 6. The SMILES string of the molecule is COC(=O)c1cccnc1Oc1cc(Br)c(C#N)cc1OC. The summed E-state index contributed by atoms with van der Waals surface area (Å²) < 4.78 is 16.1. The molecule has 0 saturated carbocycles. The predicted octanol–water partition coefficient (Wildman–Crippen LogP) is 3.30. The molecule has 0 amide bonds. The standard InChI is InChI=1S/C15H11BrN2O4/c1-20-12-6-9(8-17)11(16)7-13(12)22-14-10(15(19)21-2)4-3-5-18-14/h3-7H,1-2H3. The minimum atomic E-state index is -0.560. The first kappa shape index (κ1) is 15.8. The molecule has 0 atom stereocenters. The number of esters is 1. The van der Waals surface area contributed by atoms with Gasteiger partial charge in [-0.15, -0.1) is 0 Å². The van der Waals surface area contributed by atoms with Crippen molar-refractivity contribution in [2.45, 2.75) is 0 Å². The number of carbonyl (C=O) groups excluding carboxylic acids is 1. The molecule has 0 unspecified atom stereocenters. The number of pyridine rings is 1. The van der Waals surface area contributed by atoms with Gasteiger partial charge in [0.25, 0.3) is 0 Å². The van der Waals surface area contributed by atoms with E-state index in [-0.39, 0.29) is 11.4 Å². The number of carbonyl (C=O) groups is 1. The average molecular weight is 363 g/mol. The Hall–Kier alpha value is -2.59. The summed E-state index contributed by atoms with van der Waals surface area (Å²) in [5, 5.41) is 9.02. The van der Waals surface area contributed by atoms with Gasteiger partial charge in [-0.05, 0) is 28.1 Å². The lowest BCUT2D eigenvalue weighted by molar-refractivity contribution is 0.0597. The van der Waals surface area contributed by atoms with E-state index >= 15 is 0 Å². The van der Waals surface area contributed by atoms with Gasteiger partial charge in [-0.25, -0.2) is 9.78 Å². The number of nitriles is 1. The Balaban J connectivity index is 2.46. The predicted molar refractivity (Wildman–Crippen MR) is 81.1 cm³/mol. The van der Waals surface area contributed by atoms with E-state index in [1.807, 2.05) is 6.07 Å². The fraction of sp³-hybridized carbons (Fsp3) is 0.133. The van der Waals surface area contributed by atoms with Crippen LogP contribution in [-0.4, -0.2) is 25.2 Å². The van der Waals surface area contributed by atoms with Crippen LogP contribution in [0.4, 0.5) is 0 Å². The number of aromatic nitrogens is 1. The van der Waals surface area contributed by atoms with Crippen LogP contribution in [0.3, 0.4) is 0 Å². The van der Waals surface area contributed by atoms with Crippen LogP contribution < -0.4 is 9.47 Å². The first-order valence-corrected chi connectivity index (χ1v) is 6.88. The van der Waals surface area contributed by atoms with E-state index < -0.39 is 5.97 Å². The highest BCUT2D eigenvalue weighted by Gasteiger charge is 2.17. The number of ether oxygens (including phenoxy) is 3. The van der Waals surface area contributed by atoms with Crippen LogP contribution in [0, 0.1) is 11.3 Å². The maximum Gasteiger partial charge on any atom is 0.343 e. The molecule has 0 bridgehead atoms. The molecular weight excluding hydrogens is 352 g/mol. The molecule has 0 aliphatic heterocycles. The normalized spacial score (nSPS) is 9.73. The second-order valence-electron chi connectivity index (χ2n) is 4.04. The van der Waals surface area contributed by atoms with E-state index in [0.717, 1.165) is 0 Å². The van der Waals surface area contributed by atoms with Crippen molar-refractivity contribution in [3.63, 3.8) is 0 Å². The topological polar surface area (TPSA) is 81.4 Å². The van der Waals surface area contributed by atoms with Crippen molar-refractivity contribution in [2.24, 2.45) is 0 Å². The molecule has 0 fully saturated rings. The lowest BCUT2D eigenvalue weighted by atomic mass is 10.2. The average Bonchev–Trinajstić information content (AvgIpc) is 2.55. The lowest BCUT2D eigenvalue weighted by Crippen LogP contribution is -2.05. The Morgan fingerprint density at radius 3 is 2.73 bits per heavy atom. The second kappa shape index (κ2) is 6.91. The van der Waals surface area contributed by atoms with Crippen molar-refractivity contribution in [3.8, 4) is 23.4 Å². The third kappa shape index (κ3) is 3.18. The van der Waals surface area contributed by atoms with Crippen LogP contribution >= 0.6 is 15.9 Å². The highest BCUT2D eigenvalue weighted by Crippen LogP contribution is 2.36. The summed E-state index contributed by atoms with van der Waals surface area (Å²) in [7, 11) is 2.73. The maximum absolute atomic E-state index is 11.7. The summed E-state index contributed by atoms with van der Waals surface area (Å²) in [4.78, 5) is 15.8. The third-order valence-electron chi connectivity index (χ3n) is 2.76. The van der Waals surface area contributed by atoms with E-state index in [0.29, 0.717) is 21.5 Å². The van der Waals surface area contributed by atoms with Gasteiger partial charge in [0.2, 0.25) is 5.88 Å². The molecule has 6 nitrogen and oxygen atoms in total. The molecule has 22 heavy (non-hydrogen) atoms. The Bertz CT molecular complexity index is 756. The summed E-state index contributed by atoms with van der Waals surface area (Å²) in [5.74, 6) is 0.192. The van der Waals surface area contributed by atoms with E-state index in [1.165, 1.54) is 26.5 Å². The summed E-state index contributed by atoms with van der Waals surface area (Å²) in [5.41, 5.74) is 0.589. The zero-order valence-electron chi connectivity index (χ0n) is 11.8. The van der Waals surface area contributed by atoms with Crippen molar-refractivity contribution >= 4 is 21.9 Å².